The van der Waals surface area contributed by atoms with E-state index < -0.39 is 0 Å². The predicted molar refractivity (Wildman–Crippen MR) is 158 cm³/mol. The topological polar surface area (TPSA) is 22.8 Å². The van der Waals surface area contributed by atoms with Gasteiger partial charge in [-0.05, 0) is 48.0 Å². The molecule has 8 rings (SSSR count). The van der Waals surface area contributed by atoms with Crippen molar-refractivity contribution in [3.05, 3.63) is 140 Å². The summed E-state index contributed by atoms with van der Waals surface area (Å²) >= 11 is 0. The maximum absolute atomic E-state index is 4.44. The SMILES string of the molecule is c1ccc(-n2c3ccncc3c3ccc(-c4cccc5c6ccccc6n(-c6ccccc6)c45)cc32)cc1. The monoisotopic (exact) mass is 485 g/mol. The minimum Gasteiger partial charge on any atom is -0.309 e. The molecular weight excluding hydrogens is 462 g/mol. The van der Waals surface area contributed by atoms with Crippen LogP contribution in [0.2, 0.25) is 0 Å². The van der Waals surface area contributed by atoms with Crippen LogP contribution in [-0.2, 0) is 0 Å². The molecule has 0 aliphatic heterocycles. The molecule has 38 heavy (non-hydrogen) atoms. The third-order valence-corrected chi connectivity index (χ3v) is 7.60. The Morgan fingerprint density at radius 1 is 0.447 bits per heavy atom. The molecule has 0 unspecified atom stereocenters. The Balaban J connectivity index is 1.48. The van der Waals surface area contributed by atoms with Crippen LogP contribution < -0.4 is 0 Å². The van der Waals surface area contributed by atoms with Gasteiger partial charge in [0.15, 0.2) is 0 Å². The van der Waals surface area contributed by atoms with Crippen LogP contribution in [0, 0.1) is 0 Å². The lowest BCUT2D eigenvalue weighted by molar-refractivity contribution is 1.17. The third-order valence-electron chi connectivity index (χ3n) is 7.60. The van der Waals surface area contributed by atoms with Gasteiger partial charge in [-0.2, -0.15) is 0 Å². The van der Waals surface area contributed by atoms with Crippen LogP contribution in [0.3, 0.4) is 0 Å². The van der Waals surface area contributed by atoms with Gasteiger partial charge in [0.25, 0.3) is 0 Å². The number of fused-ring (bicyclic) bond motifs is 6. The van der Waals surface area contributed by atoms with Gasteiger partial charge in [0.05, 0.1) is 22.1 Å². The van der Waals surface area contributed by atoms with Gasteiger partial charge in [0.2, 0.25) is 0 Å². The Bertz CT molecular complexity index is 2120. The molecular formula is C35H23N3. The summed E-state index contributed by atoms with van der Waals surface area (Å²) in [6.45, 7) is 0. The first-order chi connectivity index (χ1) is 18.9. The van der Waals surface area contributed by atoms with Crippen molar-refractivity contribution >= 4 is 43.6 Å². The molecule has 0 N–H and O–H groups in total. The summed E-state index contributed by atoms with van der Waals surface area (Å²) in [5.41, 5.74) is 9.49. The van der Waals surface area contributed by atoms with Crippen LogP contribution in [0.5, 0.6) is 0 Å². The van der Waals surface area contributed by atoms with E-state index in [4.69, 9.17) is 0 Å². The average molecular weight is 486 g/mol. The molecule has 3 nitrogen and oxygen atoms in total. The molecule has 0 radical (unpaired) electrons. The summed E-state index contributed by atoms with van der Waals surface area (Å²) in [6, 6.07) is 45.6. The molecule has 0 saturated heterocycles. The molecule has 0 spiro atoms. The second kappa shape index (κ2) is 8.19. The third kappa shape index (κ3) is 2.99. The van der Waals surface area contributed by atoms with E-state index in [0.717, 1.165) is 22.3 Å². The molecule has 0 saturated carbocycles. The van der Waals surface area contributed by atoms with Gasteiger partial charge in [-0.3, -0.25) is 4.98 Å². The van der Waals surface area contributed by atoms with E-state index in [1.165, 1.54) is 43.8 Å². The standard InChI is InChI=1S/C35H23N3/c1-3-10-25(11-4-1)37-33-20-21-36-23-31(33)29-19-18-24(22-34(29)37)27-15-9-16-30-28-14-7-8-17-32(28)38(35(27)30)26-12-5-2-6-13-26/h1-23H. The summed E-state index contributed by atoms with van der Waals surface area (Å²) in [4.78, 5) is 4.44. The lowest BCUT2D eigenvalue weighted by Crippen LogP contribution is -1.96. The number of nitrogens with zero attached hydrogens (tertiary/aromatic N) is 3. The minimum absolute atomic E-state index is 1.15. The van der Waals surface area contributed by atoms with Crippen LogP contribution in [-0.4, -0.2) is 14.1 Å². The van der Waals surface area contributed by atoms with Gasteiger partial charge in [-0.15, -0.1) is 0 Å². The first-order valence-electron chi connectivity index (χ1n) is 12.9. The number of hydrogen-bond donors (Lipinski definition) is 0. The van der Waals surface area contributed by atoms with Crippen LogP contribution in [0.4, 0.5) is 0 Å². The predicted octanol–water partition coefficient (Wildman–Crippen LogP) is 8.94. The summed E-state index contributed by atoms with van der Waals surface area (Å²) < 4.78 is 4.75. The van der Waals surface area contributed by atoms with Crippen molar-refractivity contribution in [3.8, 4) is 22.5 Å². The van der Waals surface area contributed by atoms with Gasteiger partial charge in [0.1, 0.15) is 0 Å². The lowest BCUT2D eigenvalue weighted by Gasteiger charge is -2.13. The normalized spacial score (nSPS) is 11.7. The Labute approximate surface area is 219 Å². The van der Waals surface area contributed by atoms with Crippen LogP contribution in [0.25, 0.3) is 66.1 Å². The second-order valence-electron chi connectivity index (χ2n) is 9.69. The fourth-order valence-corrected chi connectivity index (χ4v) is 5.98. The Morgan fingerprint density at radius 3 is 1.92 bits per heavy atom. The van der Waals surface area contributed by atoms with Crippen molar-refractivity contribution in [1.29, 1.82) is 0 Å². The zero-order chi connectivity index (χ0) is 25.1. The van der Waals surface area contributed by atoms with E-state index >= 15 is 0 Å². The smallest absolute Gasteiger partial charge is 0.0619 e. The fraction of sp³-hybridized carbons (Fsp3) is 0. The van der Waals surface area contributed by atoms with E-state index in [1.54, 1.807) is 0 Å². The van der Waals surface area contributed by atoms with Gasteiger partial charge < -0.3 is 9.13 Å². The quantitative estimate of drug-likeness (QED) is 0.245. The first kappa shape index (κ1) is 21.0. The summed E-state index contributed by atoms with van der Waals surface area (Å²) in [7, 11) is 0. The number of para-hydroxylation sites is 4. The average Bonchev–Trinajstić information content (AvgIpc) is 3.51. The fourth-order valence-electron chi connectivity index (χ4n) is 5.98. The molecule has 0 atom stereocenters. The molecule has 3 aromatic heterocycles. The molecule has 178 valence electrons. The zero-order valence-corrected chi connectivity index (χ0v) is 20.6. The number of rotatable bonds is 3. The first-order valence-corrected chi connectivity index (χ1v) is 12.9. The Kier molecular flexibility index (Phi) is 4.52. The largest absolute Gasteiger partial charge is 0.309 e. The number of pyridine rings is 1. The van der Waals surface area contributed by atoms with E-state index in [-0.39, 0.29) is 0 Å². The number of hydrogen-bond acceptors (Lipinski definition) is 1. The Morgan fingerprint density at radius 2 is 1.11 bits per heavy atom. The summed E-state index contributed by atoms with van der Waals surface area (Å²) in [5, 5.41) is 4.89. The second-order valence-corrected chi connectivity index (χ2v) is 9.69. The number of aromatic nitrogens is 3. The molecule has 0 aliphatic carbocycles. The highest BCUT2D eigenvalue weighted by Crippen LogP contribution is 2.40. The zero-order valence-electron chi connectivity index (χ0n) is 20.6. The molecule has 3 heteroatoms. The highest BCUT2D eigenvalue weighted by Gasteiger charge is 2.18. The molecule has 0 aliphatic rings. The molecule has 5 aromatic carbocycles. The van der Waals surface area contributed by atoms with E-state index in [0.29, 0.717) is 0 Å². The van der Waals surface area contributed by atoms with E-state index in [2.05, 4.69) is 142 Å². The summed E-state index contributed by atoms with van der Waals surface area (Å²) in [6.07, 6.45) is 3.85. The molecule has 8 aromatic rings. The van der Waals surface area contributed by atoms with Crippen LogP contribution in [0.15, 0.2) is 140 Å². The molecule has 0 bridgehead atoms. The summed E-state index contributed by atoms with van der Waals surface area (Å²) in [5.74, 6) is 0. The van der Waals surface area contributed by atoms with Crippen molar-refractivity contribution in [2.45, 2.75) is 0 Å². The van der Waals surface area contributed by atoms with E-state index in [1.807, 2.05) is 12.4 Å². The highest BCUT2D eigenvalue weighted by molar-refractivity contribution is 6.15. The van der Waals surface area contributed by atoms with Gasteiger partial charge in [0, 0.05) is 50.9 Å². The Hall–Kier alpha value is -5.15. The molecule has 3 heterocycles. The van der Waals surface area contributed by atoms with Gasteiger partial charge >= 0.3 is 0 Å². The maximum Gasteiger partial charge on any atom is 0.0619 e. The molecule has 0 fully saturated rings. The van der Waals surface area contributed by atoms with Crippen molar-refractivity contribution in [2.24, 2.45) is 0 Å². The van der Waals surface area contributed by atoms with Gasteiger partial charge in [-0.25, -0.2) is 0 Å². The van der Waals surface area contributed by atoms with E-state index in [9.17, 15) is 0 Å². The van der Waals surface area contributed by atoms with Crippen molar-refractivity contribution < 1.29 is 0 Å². The van der Waals surface area contributed by atoms with Crippen LogP contribution in [0.1, 0.15) is 0 Å². The minimum atomic E-state index is 1.15. The van der Waals surface area contributed by atoms with Crippen molar-refractivity contribution in [2.75, 3.05) is 0 Å². The van der Waals surface area contributed by atoms with Gasteiger partial charge in [-0.1, -0.05) is 84.9 Å². The van der Waals surface area contributed by atoms with Crippen molar-refractivity contribution in [3.63, 3.8) is 0 Å². The van der Waals surface area contributed by atoms with Crippen LogP contribution >= 0.6 is 0 Å². The van der Waals surface area contributed by atoms with Crippen molar-refractivity contribution in [1.82, 2.24) is 14.1 Å². The molecule has 0 amide bonds. The lowest BCUT2D eigenvalue weighted by atomic mass is 10.0. The number of benzene rings is 5. The maximum atomic E-state index is 4.44. The highest BCUT2D eigenvalue weighted by atomic mass is 15.0.